The van der Waals surface area contributed by atoms with Gasteiger partial charge in [-0.15, -0.1) is 0 Å². The molecule has 0 saturated heterocycles. The predicted molar refractivity (Wildman–Crippen MR) is 69.6 cm³/mol. The summed E-state index contributed by atoms with van der Waals surface area (Å²) in [5.41, 5.74) is 5.29. The molecule has 1 aromatic carbocycles. The first kappa shape index (κ1) is 13.0. The Bertz CT molecular complexity index is 560. The molecule has 18 heavy (non-hydrogen) atoms. The third-order valence-electron chi connectivity index (χ3n) is 2.67. The molecule has 0 saturated carbocycles. The second kappa shape index (κ2) is 5.44. The van der Waals surface area contributed by atoms with Crippen LogP contribution in [0.5, 0.6) is 0 Å². The molecular weight excluding hydrogens is 253 g/mol. The van der Waals surface area contributed by atoms with Gasteiger partial charge in [0.05, 0.1) is 6.04 Å². The molecule has 1 unspecified atom stereocenters. The van der Waals surface area contributed by atoms with Gasteiger partial charge < -0.3 is 0 Å². The number of aromatic nitrogens is 1. The average molecular weight is 266 g/mol. The van der Waals surface area contributed by atoms with E-state index in [1.165, 1.54) is 12.1 Å². The van der Waals surface area contributed by atoms with Crippen LogP contribution in [0.3, 0.4) is 0 Å². The average Bonchev–Trinajstić information content (AvgIpc) is 2.33. The minimum absolute atomic E-state index is 0.314. The van der Waals surface area contributed by atoms with Gasteiger partial charge in [-0.3, -0.25) is 10.8 Å². The van der Waals surface area contributed by atoms with Crippen molar-refractivity contribution in [3.63, 3.8) is 0 Å². The van der Waals surface area contributed by atoms with Crippen molar-refractivity contribution in [1.29, 1.82) is 0 Å². The van der Waals surface area contributed by atoms with Crippen LogP contribution in [-0.4, -0.2) is 4.98 Å². The molecule has 0 spiro atoms. The number of rotatable bonds is 3. The second-order valence-corrected chi connectivity index (χ2v) is 4.47. The normalized spacial score (nSPS) is 12.4. The van der Waals surface area contributed by atoms with E-state index in [1.807, 2.05) is 13.0 Å². The molecule has 3 nitrogen and oxygen atoms in total. The number of hydrogen-bond donors (Lipinski definition) is 2. The molecule has 0 fully saturated rings. The summed E-state index contributed by atoms with van der Waals surface area (Å²) in [6, 6.07) is 5.88. The van der Waals surface area contributed by atoms with E-state index < -0.39 is 0 Å². The van der Waals surface area contributed by atoms with Crippen LogP contribution in [-0.2, 0) is 0 Å². The van der Waals surface area contributed by atoms with Gasteiger partial charge in [0.1, 0.15) is 5.82 Å². The number of nitrogens with two attached hydrogens (primary N) is 1. The summed E-state index contributed by atoms with van der Waals surface area (Å²) in [6.45, 7) is 1.94. The maximum absolute atomic E-state index is 13.0. The van der Waals surface area contributed by atoms with E-state index in [2.05, 4.69) is 10.4 Å². The van der Waals surface area contributed by atoms with Crippen molar-refractivity contribution in [2.24, 2.45) is 5.84 Å². The smallest absolute Gasteiger partial charge is 0.124 e. The lowest BCUT2D eigenvalue weighted by molar-refractivity contribution is 0.615. The number of pyridine rings is 1. The highest BCUT2D eigenvalue weighted by Crippen LogP contribution is 2.28. The Balaban J connectivity index is 2.45. The highest BCUT2D eigenvalue weighted by atomic mass is 35.5. The van der Waals surface area contributed by atoms with Gasteiger partial charge in [0.25, 0.3) is 0 Å². The number of hydrazine groups is 1. The summed E-state index contributed by atoms with van der Waals surface area (Å²) in [5, 5.41) is 0.333. The van der Waals surface area contributed by atoms with Crippen LogP contribution in [0, 0.1) is 12.7 Å². The highest BCUT2D eigenvalue weighted by molar-refractivity contribution is 6.31. The van der Waals surface area contributed by atoms with Gasteiger partial charge >= 0.3 is 0 Å². The van der Waals surface area contributed by atoms with E-state index in [1.54, 1.807) is 18.5 Å². The van der Waals surface area contributed by atoms with Crippen LogP contribution >= 0.6 is 11.6 Å². The van der Waals surface area contributed by atoms with Gasteiger partial charge in [0.2, 0.25) is 0 Å². The van der Waals surface area contributed by atoms with E-state index in [4.69, 9.17) is 17.4 Å². The van der Waals surface area contributed by atoms with Crippen molar-refractivity contribution >= 4 is 11.6 Å². The predicted octanol–water partition coefficient (Wildman–Crippen LogP) is 2.74. The Hall–Kier alpha value is -1.49. The maximum Gasteiger partial charge on any atom is 0.124 e. The fraction of sp³-hybridized carbons (Fsp3) is 0.154. The van der Waals surface area contributed by atoms with Gasteiger partial charge in [-0.1, -0.05) is 23.7 Å². The zero-order valence-corrected chi connectivity index (χ0v) is 10.6. The topological polar surface area (TPSA) is 50.9 Å². The van der Waals surface area contributed by atoms with Gasteiger partial charge in [0.15, 0.2) is 0 Å². The zero-order valence-electron chi connectivity index (χ0n) is 9.82. The molecule has 0 radical (unpaired) electrons. The van der Waals surface area contributed by atoms with Crippen LogP contribution in [0.2, 0.25) is 5.02 Å². The third kappa shape index (κ3) is 2.67. The molecule has 0 aliphatic heterocycles. The lowest BCUT2D eigenvalue weighted by atomic mass is 10.00. The minimum Gasteiger partial charge on any atom is -0.271 e. The van der Waals surface area contributed by atoms with Crippen molar-refractivity contribution in [3.8, 4) is 0 Å². The number of aryl methyl sites for hydroxylation is 1. The van der Waals surface area contributed by atoms with Crippen LogP contribution < -0.4 is 11.3 Å². The highest BCUT2D eigenvalue weighted by Gasteiger charge is 2.16. The Morgan fingerprint density at radius 2 is 2.11 bits per heavy atom. The molecule has 0 aliphatic carbocycles. The molecule has 5 heteroatoms. The minimum atomic E-state index is -0.373. The van der Waals surface area contributed by atoms with Gasteiger partial charge in [-0.2, -0.15) is 0 Å². The summed E-state index contributed by atoms with van der Waals surface area (Å²) >= 11 is 6.04. The molecule has 94 valence electrons. The van der Waals surface area contributed by atoms with E-state index in [-0.39, 0.29) is 11.9 Å². The fourth-order valence-electron chi connectivity index (χ4n) is 1.84. The third-order valence-corrected chi connectivity index (χ3v) is 3.00. The van der Waals surface area contributed by atoms with Crippen molar-refractivity contribution in [2.75, 3.05) is 0 Å². The number of halogens is 2. The Labute approximate surface area is 110 Å². The van der Waals surface area contributed by atoms with Crippen molar-refractivity contribution in [2.45, 2.75) is 13.0 Å². The lowest BCUT2D eigenvalue weighted by Crippen LogP contribution is -2.29. The van der Waals surface area contributed by atoms with E-state index in [9.17, 15) is 4.39 Å². The summed E-state index contributed by atoms with van der Waals surface area (Å²) in [5.74, 6) is 5.19. The van der Waals surface area contributed by atoms with E-state index in [0.29, 0.717) is 10.6 Å². The summed E-state index contributed by atoms with van der Waals surface area (Å²) in [4.78, 5) is 4.11. The largest absolute Gasteiger partial charge is 0.271 e. The molecule has 3 N–H and O–H groups in total. The second-order valence-electron chi connectivity index (χ2n) is 4.06. The molecule has 0 amide bonds. The molecule has 1 heterocycles. The number of nitrogens with zero attached hydrogens (tertiary/aromatic N) is 1. The maximum atomic E-state index is 13.0. The summed E-state index contributed by atoms with van der Waals surface area (Å²) in [7, 11) is 0. The molecule has 2 rings (SSSR count). The van der Waals surface area contributed by atoms with Crippen LogP contribution in [0.4, 0.5) is 4.39 Å². The standard InChI is InChI=1S/C13H13ClFN3/c1-8-4-9(7-17-6-8)13(18-16)11-3-2-10(15)5-12(11)14/h2-7,13,18H,16H2,1H3. The molecule has 0 bridgehead atoms. The molecular formula is C13H13ClFN3. The van der Waals surface area contributed by atoms with Crippen LogP contribution in [0.15, 0.2) is 36.7 Å². The first-order valence-electron chi connectivity index (χ1n) is 5.44. The van der Waals surface area contributed by atoms with Gasteiger partial charge in [-0.25, -0.2) is 9.82 Å². The Morgan fingerprint density at radius 1 is 1.33 bits per heavy atom. The first-order valence-corrected chi connectivity index (χ1v) is 5.82. The summed E-state index contributed by atoms with van der Waals surface area (Å²) in [6.07, 6.45) is 3.46. The van der Waals surface area contributed by atoms with Crippen molar-refractivity contribution in [3.05, 3.63) is 64.2 Å². The van der Waals surface area contributed by atoms with Crippen molar-refractivity contribution < 1.29 is 4.39 Å². The zero-order chi connectivity index (χ0) is 13.1. The van der Waals surface area contributed by atoms with E-state index in [0.717, 1.165) is 11.1 Å². The van der Waals surface area contributed by atoms with Gasteiger partial charge in [0, 0.05) is 17.4 Å². The summed E-state index contributed by atoms with van der Waals surface area (Å²) < 4.78 is 13.0. The van der Waals surface area contributed by atoms with Gasteiger partial charge in [-0.05, 0) is 35.7 Å². The molecule has 2 aromatic rings. The Morgan fingerprint density at radius 3 is 2.72 bits per heavy atom. The SMILES string of the molecule is Cc1cncc(C(NN)c2ccc(F)cc2Cl)c1. The lowest BCUT2D eigenvalue weighted by Gasteiger charge is -2.18. The number of benzene rings is 1. The molecule has 0 aliphatic rings. The van der Waals surface area contributed by atoms with Crippen LogP contribution in [0.1, 0.15) is 22.7 Å². The number of nitrogens with one attached hydrogen (secondary N) is 1. The van der Waals surface area contributed by atoms with Crippen LogP contribution in [0.25, 0.3) is 0 Å². The Kier molecular flexibility index (Phi) is 3.91. The quantitative estimate of drug-likeness (QED) is 0.663. The molecule has 1 aromatic heterocycles. The van der Waals surface area contributed by atoms with Crippen molar-refractivity contribution in [1.82, 2.24) is 10.4 Å². The van der Waals surface area contributed by atoms with E-state index >= 15 is 0 Å². The fourth-order valence-corrected chi connectivity index (χ4v) is 2.11. The molecule has 1 atom stereocenters. The number of hydrogen-bond acceptors (Lipinski definition) is 3. The first-order chi connectivity index (χ1) is 8.61. The monoisotopic (exact) mass is 265 g/mol.